The fourth-order valence-electron chi connectivity index (χ4n) is 2.70. The van der Waals surface area contributed by atoms with Crippen LogP contribution in [0.3, 0.4) is 0 Å². The molecule has 0 saturated heterocycles. The van der Waals surface area contributed by atoms with Crippen LogP contribution in [-0.2, 0) is 9.84 Å². The Balaban J connectivity index is 2.13. The van der Waals surface area contributed by atoms with E-state index in [1.54, 1.807) is 25.4 Å². The molecule has 1 aliphatic carbocycles. The summed E-state index contributed by atoms with van der Waals surface area (Å²) in [7, 11) is -1.45. The van der Waals surface area contributed by atoms with Gasteiger partial charge in [-0.25, -0.2) is 13.4 Å². The predicted molar refractivity (Wildman–Crippen MR) is 82.1 cm³/mol. The first kappa shape index (κ1) is 15.8. The molecular weight excluding hydrogens is 290 g/mol. The minimum Gasteiger partial charge on any atom is -0.367 e. The van der Waals surface area contributed by atoms with Gasteiger partial charge in [0.1, 0.15) is 15.7 Å². The molecule has 1 aromatic heterocycles. The summed E-state index contributed by atoms with van der Waals surface area (Å²) in [6.07, 6.45) is 5.92. The van der Waals surface area contributed by atoms with Crippen LogP contribution in [0.25, 0.3) is 0 Å². The van der Waals surface area contributed by atoms with E-state index in [-0.39, 0.29) is 17.2 Å². The number of hydrogen-bond donors (Lipinski definition) is 2. The second-order valence-electron chi connectivity index (χ2n) is 5.44. The van der Waals surface area contributed by atoms with Gasteiger partial charge in [0.2, 0.25) is 0 Å². The highest BCUT2D eigenvalue weighted by molar-refractivity contribution is 7.91. The second kappa shape index (κ2) is 6.43. The number of carbonyl (C=O) groups is 1. The third-order valence-corrected chi connectivity index (χ3v) is 5.49. The van der Waals surface area contributed by atoms with E-state index in [2.05, 4.69) is 15.6 Å². The average Bonchev–Trinajstić information content (AvgIpc) is 2.46. The summed E-state index contributed by atoms with van der Waals surface area (Å²) in [5.41, 5.74) is 0.474. The number of pyridine rings is 1. The van der Waals surface area contributed by atoms with Crippen molar-refractivity contribution in [2.24, 2.45) is 0 Å². The van der Waals surface area contributed by atoms with Crippen molar-refractivity contribution in [3.05, 3.63) is 23.9 Å². The summed E-state index contributed by atoms with van der Waals surface area (Å²) < 4.78 is 23.4. The zero-order valence-corrected chi connectivity index (χ0v) is 13.1. The Hall–Kier alpha value is -1.63. The van der Waals surface area contributed by atoms with Crippen molar-refractivity contribution < 1.29 is 13.2 Å². The molecule has 1 aliphatic rings. The van der Waals surface area contributed by atoms with Gasteiger partial charge in [0, 0.05) is 25.5 Å². The molecule has 1 heterocycles. The molecule has 0 radical (unpaired) electrons. The summed E-state index contributed by atoms with van der Waals surface area (Å²) in [4.78, 5) is 16.0. The van der Waals surface area contributed by atoms with Crippen molar-refractivity contribution in [1.82, 2.24) is 10.3 Å². The molecule has 0 spiro atoms. The Bertz CT molecular complexity index is 616. The van der Waals surface area contributed by atoms with Crippen molar-refractivity contribution in [1.29, 1.82) is 0 Å². The Morgan fingerprint density at radius 3 is 2.81 bits per heavy atom. The highest BCUT2D eigenvalue weighted by atomic mass is 32.2. The summed E-state index contributed by atoms with van der Waals surface area (Å²) in [6, 6.07) is 3.43. The van der Waals surface area contributed by atoms with Gasteiger partial charge in [-0.3, -0.25) is 4.79 Å². The van der Waals surface area contributed by atoms with Crippen LogP contribution in [0.4, 0.5) is 5.82 Å². The number of nitrogens with zero attached hydrogens (tertiary/aromatic N) is 1. The van der Waals surface area contributed by atoms with Gasteiger partial charge in [-0.2, -0.15) is 0 Å². The van der Waals surface area contributed by atoms with Crippen LogP contribution in [0.2, 0.25) is 0 Å². The molecule has 0 bridgehead atoms. The van der Waals surface area contributed by atoms with Gasteiger partial charge in [0.15, 0.2) is 0 Å². The molecule has 1 amide bonds. The first-order valence-electron chi connectivity index (χ1n) is 7.04. The maximum atomic E-state index is 11.8. The van der Waals surface area contributed by atoms with Crippen LogP contribution >= 0.6 is 0 Å². The molecule has 2 atom stereocenters. The minimum absolute atomic E-state index is 0.0248. The number of amides is 1. The fraction of sp³-hybridized carbons (Fsp3) is 0.571. The van der Waals surface area contributed by atoms with Crippen LogP contribution in [0.1, 0.15) is 36.0 Å². The first-order chi connectivity index (χ1) is 9.91. The maximum absolute atomic E-state index is 11.8. The minimum atomic E-state index is -3.02. The molecule has 2 N–H and O–H groups in total. The zero-order valence-electron chi connectivity index (χ0n) is 12.3. The first-order valence-corrected chi connectivity index (χ1v) is 8.99. The van der Waals surface area contributed by atoms with E-state index in [1.807, 2.05) is 0 Å². The number of hydrogen-bond acceptors (Lipinski definition) is 5. The SMILES string of the molecule is CNC(=O)c1cccnc1NC1CCCC(S(C)(=O)=O)C1. The molecule has 1 saturated carbocycles. The van der Waals surface area contributed by atoms with Crippen molar-refractivity contribution in [3.8, 4) is 0 Å². The van der Waals surface area contributed by atoms with Crippen molar-refractivity contribution in [2.45, 2.75) is 37.0 Å². The van der Waals surface area contributed by atoms with Gasteiger partial charge in [0.25, 0.3) is 5.91 Å². The second-order valence-corrected chi connectivity index (χ2v) is 7.76. The van der Waals surface area contributed by atoms with E-state index >= 15 is 0 Å². The fourth-order valence-corrected chi connectivity index (χ4v) is 3.87. The zero-order chi connectivity index (χ0) is 15.5. The normalized spacial score (nSPS) is 22.6. The largest absolute Gasteiger partial charge is 0.367 e. The maximum Gasteiger partial charge on any atom is 0.254 e. The highest BCUT2D eigenvalue weighted by Gasteiger charge is 2.29. The van der Waals surface area contributed by atoms with Crippen molar-refractivity contribution in [2.75, 3.05) is 18.6 Å². The van der Waals surface area contributed by atoms with Crippen molar-refractivity contribution >= 4 is 21.6 Å². The summed E-state index contributed by atoms with van der Waals surface area (Å²) >= 11 is 0. The molecule has 21 heavy (non-hydrogen) atoms. The highest BCUT2D eigenvalue weighted by Crippen LogP contribution is 2.26. The average molecular weight is 311 g/mol. The van der Waals surface area contributed by atoms with Gasteiger partial charge < -0.3 is 10.6 Å². The number of sulfone groups is 1. The van der Waals surface area contributed by atoms with Crippen LogP contribution in [-0.4, -0.2) is 43.9 Å². The topological polar surface area (TPSA) is 88.2 Å². The Labute approximate surface area is 125 Å². The van der Waals surface area contributed by atoms with E-state index in [1.165, 1.54) is 6.26 Å². The van der Waals surface area contributed by atoms with Crippen LogP contribution in [0.15, 0.2) is 18.3 Å². The molecule has 6 nitrogen and oxygen atoms in total. The van der Waals surface area contributed by atoms with E-state index in [9.17, 15) is 13.2 Å². The van der Waals surface area contributed by atoms with Crippen LogP contribution < -0.4 is 10.6 Å². The molecule has 1 fully saturated rings. The molecule has 2 unspecified atom stereocenters. The van der Waals surface area contributed by atoms with Crippen LogP contribution in [0.5, 0.6) is 0 Å². The molecular formula is C14H21N3O3S. The molecule has 0 aliphatic heterocycles. The third-order valence-electron chi connectivity index (χ3n) is 3.85. The third kappa shape index (κ3) is 3.93. The van der Waals surface area contributed by atoms with E-state index < -0.39 is 9.84 Å². The number of anilines is 1. The Kier molecular flexibility index (Phi) is 4.82. The lowest BCUT2D eigenvalue weighted by atomic mass is 9.95. The van der Waals surface area contributed by atoms with E-state index in [4.69, 9.17) is 0 Å². The molecule has 116 valence electrons. The number of rotatable bonds is 4. The summed E-state index contributed by atoms with van der Waals surface area (Å²) in [6.45, 7) is 0. The van der Waals surface area contributed by atoms with Gasteiger partial charge in [-0.15, -0.1) is 0 Å². The van der Waals surface area contributed by atoms with Gasteiger partial charge in [-0.05, 0) is 31.4 Å². The monoisotopic (exact) mass is 311 g/mol. The Morgan fingerprint density at radius 1 is 1.38 bits per heavy atom. The molecule has 7 heteroatoms. The summed E-state index contributed by atoms with van der Waals surface area (Å²) in [5.74, 6) is 0.303. The lowest BCUT2D eigenvalue weighted by Gasteiger charge is -2.29. The quantitative estimate of drug-likeness (QED) is 0.872. The number of aromatic nitrogens is 1. The predicted octanol–water partition coefficient (Wildman–Crippen LogP) is 1.21. The van der Waals surface area contributed by atoms with Gasteiger partial charge >= 0.3 is 0 Å². The van der Waals surface area contributed by atoms with E-state index in [0.717, 1.165) is 12.8 Å². The Morgan fingerprint density at radius 2 is 2.14 bits per heavy atom. The van der Waals surface area contributed by atoms with Crippen molar-refractivity contribution in [3.63, 3.8) is 0 Å². The van der Waals surface area contributed by atoms with E-state index in [0.29, 0.717) is 24.2 Å². The standard InChI is InChI=1S/C14H21N3O3S/c1-15-14(18)12-7-4-8-16-13(12)17-10-5-3-6-11(9-10)21(2,19)20/h4,7-8,10-11H,3,5-6,9H2,1-2H3,(H,15,18)(H,16,17). The lowest BCUT2D eigenvalue weighted by molar-refractivity contribution is 0.0963. The summed E-state index contributed by atoms with van der Waals surface area (Å²) in [5, 5.41) is 5.50. The number of carbonyl (C=O) groups excluding carboxylic acids is 1. The smallest absolute Gasteiger partial charge is 0.254 e. The molecule has 1 aromatic rings. The van der Waals surface area contributed by atoms with Crippen LogP contribution in [0, 0.1) is 0 Å². The number of nitrogens with one attached hydrogen (secondary N) is 2. The molecule has 0 aromatic carbocycles. The lowest BCUT2D eigenvalue weighted by Crippen LogP contribution is -2.35. The van der Waals surface area contributed by atoms with Gasteiger partial charge in [-0.1, -0.05) is 6.42 Å². The molecule has 2 rings (SSSR count). The van der Waals surface area contributed by atoms with Gasteiger partial charge in [0.05, 0.1) is 10.8 Å².